The molecule has 0 radical (unpaired) electrons. The van der Waals surface area contributed by atoms with Crippen molar-refractivity contribution in [3.8, 4) is 0 Å². The Balaban J connectivity index is 2.25. The molecule has 0 saturated heterocycles. The molecule has 1 atom stereocenters. The van der Waals surface area contributed by atoms with Crippen LogP contribution in [-0.4, -0.2) is 4.92 Å². The molecule has 0 aliphatic rings. The second kappa shape index (κ2) is 6.14. The largest absolute Gasteiger partial charge is 0.378 e. The van der Waals surface area contributed by atoms with Crippen molar-refractivity contribution in [1.29, 1.82) is 0 Å². The molecule has 1 N–H and O–H groups in total. The Hall–Kier alpha value is -2.43. The number of hydrogen-bond acceptors (Lipinski definition) is 3. The maximum absolute atomic E-state index is 13.8. The lowest BCUT2D eigenvalue weighted by molar-refractivity contribution is -0.384. The van der Waals surface area contributed by atoms with E-state index < -0.39 is 4.92 Å². The number of nitro benzene ring substituents is 1. The fourth-order valence-corrected chi connectivity index (χ4v) is 2.07. The smallest absolute Gasteiger partial charge is 0.271 e. The van der Waals surface area contributed by atoms with Crippen LogP contribution in [0.1, 0.15) is 24.9 Å². The van der Waals surface area contributed by atoms with Gasteiger partial charge in [-0.25, -0.2) is 4.39 Å². The van der Waals surface area contributed by atoms with Crippen LogP contribution in [0.15, 0.2) is 48.5 Å². The Bertz CT molecular complexity index is 616. The third-order valence-electron chi connectivity index (χ3n) is 3.09. The predicted molar refractivity (Wildman–Crippen MR) is 76.2 cm³/mol. The van der Waals surface area contributed by atoms with Crippen LogP contribution < -0.4 is 5.32 Å². The fraction of sp³-hybridized carbons (Fsp3) is 0.200. The first-order chi connectivity index (χ1) is 9.61. The number of benzene rings is 2. The minimum Gasteiger partial charge on any atom is -0.378 e. The van der Waals surface area contributed by atoms with Gasteiger partial charge in [-0.2, -0.15) is 0 Å². The van der Waals surface area contributed by atoms with Gasteiger partial charge in [0.1, 0.15) is 5.82 Å². The first-order valence-corrected chi connectivity index (χ1v) is 6.37. The zero-order valence-electron chi connectivity index (χ0n) is 11.0. The van der Waals surface area contributed by atoms with Crippen molar-refractivity contribution >= 4 is 11.4 Å². The Kier molecular flexibility index (Phi) is 4.30. The van der Waals surface area contributed by atoms with Crippen molar-refractivity contribution in [2.24, 2.45) is 0 Å². The summed E-state index contributed by atoms with van der Waals surface area (Å²) in [6, 6.07) is 12.5. The minimum absolute atomic E-state index is 0.0124. The summed E-state index contributed by atoms with van der Waals surface area (Å²) in [5, 5.41) is 13.9. The third-order valence-corrected chi connectivity index (χ3v) is 3.09. The van der Waals surface area contributed by atoms with Crippen molar-refractivity contribution in [3.63, 3.8) is 0 Å². The average molecular weight is 274 g/mol. The van der Waals surface area contributed by atoms with E-state index in [0.29, 0.717) is 17.7 Å². The van der Waals surface area contributed by atoms with E-state index >= 15 is 0 Å². The van der Waals surface area contributed by atoms with E-state index in [-0.39, 0.29) is 17.5 Å². The van der Waals surface area contributed by atoms with Gasteiger partial charge in [0.25, 0.3) is 5.69 Å². The molecular weight excluding hydrogens is 259 g/mol. The molecule has 0 aliphatic carbocycles. The Morgan fingerprint density at radius 3 is 2.65 bits per heavy atom. The van der Waals surface area contributed by atoms with Crippen molar-refractivity contribution in [1.82, 2.24) is 0 Å². The molecule has 2 aromatic carbocycles. The molecule has 1 unspecified atom stereocenters. The predicted octanol–water partition coefficient (Wildman–Crippen LogP) is 4.30. The highest BCUT2D eigenvalue weighted by Gasteiger charge is 2.14. The number of non-ortho nitro benzene ring substituents is 1. The van der Waals surface area contributed by atoms with Crippen LogP contribution in [0, 0.1) is 15.9 Å². The summed E-state index contributed by atoms with van der Waals surface area (Å²) >= 11 is 0. The van der Waals surface area contributed by atoms with E-state index in [4.69, 9.17) is 0 Å². The lowest BCUT2D eigenvalue weighted by atomic mass is 10.0. The molecule has 0 aliphatic heterocycles. The molecule has 5 heteroatoms. The molecule has 0 aromatic heterocycles. The molecule has 0 spiro atoms. The van der Waals surface area contributed by atoms with Crippen LogP contribution in [0.25, 0.3) is 0 Å². The highest BCUT2D eigenvalue weighted by Crippen LogP contribution is 2.26. The summed E-state index contributed by atoms with van der Waals surface area (Å²) in [6.07, 6.45) is 0.670. The topological polar surface area (TPSA) is 55.2 Å². The van der Waals surface area contributed by atoms with Gasteiger partial charge in [0.2, 0.25) is 0 Å². The summed E-state index contributed by atoms with van der Waals surface area (Å²) in [6.45, 7) is 1.93. The van der Waals surface area contributed by atoms with Crippen molar-refractivity contribution in [2.75, 3.05) is 5.32 Å². The maximum atomic E-state index is 13.8. The van der Waals surface area contributed by atoms with Crippen LogP contribution in [0.4, 0.5) is 15.8 Å². The van der Waals surface area contributed by atoms with Crippen LogP contribution in [0.3, 0.4) is 0 Å². The fourth-order valence-electron chi connectivity index (χ4n) is 2.07. The van der Waals surface area contributed by atoms with Crippen LogP contribution in [0.5, 0.6) is 0 Å². The summed E-state index contributed by atoms with van der Waals surface area (Å²) in [7, 11) is 0. The summed E-state index contributed by atoms with van der Waals surface area (Å²) in [4.78, 5) is 10.3. The number of rotatable bonds is 5. The molecule has 20 heavy (non-hydrogen) atoms. The Labute approximate surface area is 116 Å². The second-order valence-electron chi connectivity index (χ2n) is 4.43. The zero-order chi connectivity index (χ0) is 14.5. The minimum atomic E-state index is -0.449. The van der Waals surface area contributed by atoms with E-state index in [2.05, 4.69) is 5.32 Å². The lowest BCUT2D eigenvalue weighted by Gasteiger charge is -2.19. The number of halogens is 1. The highest BCUT2D eigenvalue weighted by atomic mass is 19.1. The first-order valence-electron chi connectivity index (χ1n) is 6.37. The van der Waals surface area contributed by atoms with E-state index in [9.17, 15) is 14.5 Å². The van der Waals surface area contributed by atoms with Crippen molar-refractivity contribution in [3.05, 3.63) is 70.0 Å². The quantitative estimate of drug-likeness (QED) is 0.653. The van der Waals surface area contributed by atoms with Crippen LogP contribution in [0.2, 0.25) is 0 Å². The molecule has 0 saturated carbocycles. The normalized spacial score (nSPS) is 11.9. The molecule has 0 heterocycles. The first kappa shape index (κ1) is 14.0. The van der Waals surface area contributed by atoms with E-state index in [1.165, 1.54) is 18.2 Å². The Morgan fingerprint density at radius 2 is 2.00 bits per heavy atom. The van der Waals surface area contributed by atoms with Crippen LogP contribution in [-0.2, 0) is 0 Å². The van der Waals surface area contributed by atoms with Gasteiger partial charge in [-0.1, -0.05) is 31.2 Å². The van der Waals surface area contributed by atoms with Gasteiger partial charge < -0.3 is 5.32 Å². The van der Waals surface area contributed by atoms with E-state index in [1.807, 2.05) is 6.92 Å². The molecule has 4 nitrogen and oxygen atoms in total. The number of nitrogens with one attached hydrogen (secondary N) is 1. The second-order valence-corrected chi connectivity index (χ2v) is 4.43. The van der Waals surface area contributed by atoms with Crippen molar-refractivity contribution < 1.29 is 9.31 Å². The van der Waals surface area contributed by atoms with Crippen molar-refractivity contribution in [2.45, 2.75) is 19.4 Å². The summed E-state index contributed by atoms with van der Waals surface area (Å²) in [5.41, 5.74) is 1.18. The Morgan fingerprint density at radius 1 is 1.25 bits per heavy atom. The molecule has 0 fully saturated rings. The standard InChI is InChI=1S/C15H15FN2O2/c1-2-15(13-8-3-4-9-14(13)16)17-11-6-5-7-12(10-11)18(19)20/h3-10,15,17H,2H2,1H3. The van der Waals surface area contributed by atoms with Gasteiger partial charge in [0.15, 0.2) is 0 Å². The molecular formula is C15H15FN2O2. The van der Waals surface area contributed by atoms with Gasteiger partial charge in [-0.05, 0) is 18.6 Å². The van der Waals surface area contributed by atoms with Gasteiger partial charge in [-0.15, -0.1) is 0 Å². The molecule has 0 amide bonds. The lowest BCUT2D eigenvalue weighted by Crippen LogP contribution is -2.11. The van der Waals surface area contributed by atoms with Gasteiger partial charge in [0.05, 0.1) is 11.0 Å². The average Bonchev–Trinajstić information content (AvgIpc) is 2.46. The highest BCUT2D eigenvalue weighted by molar-refractivity contribution is 5.52. The SMILES string of the molecule is CCC(Nc1cccc([N+](=O)[O-])c1)c1ccccc1F. The van der Waals surface area contributed by atoms with E-state index in [1.54, 1.807) is 30.3 Å². The number of anilines is 1. The van der Waals surface area contributed by atoms with Gasteiger partial charge in [0, 0.05) is 23.4 Å². The third kappa shape index (κ3) is 3.12. The van der Waals surface area contributed by atoms with Gasteiger partial charge >= 0.3 is 0 Å². The molecule has 2 rings (SSSR count). The van der Waals surface area contributed by atoms with Gasteiger partial charge in [-0.3, -0.25) is 10.1 Å². The summed E-state index contributed by atoms with van der Waals surface area (Å²) in [5.74, 6) is -0.280. The molecule has 104 valence electrons. The monoisotopic (exact) mass is 274 g/mol. The van der Waals surface area contributed by atoms with Crippen LogP contribution >= 0.6 is 0 Å². The molecule has 2 aromatic rings. The summed E-state index contributed by atoms with van der Waals surface area (Å²) < 4.78 is 13.8. The number of nitro groups is 1. The van der Waals surface area contributed by atoms with E-state index in [0.717, 1.165) is 0 Å². The maximum Gasteiger partial charge on any atom is 0.271 e. The zero-order valence-corrected chi connectivity index (χ0v) is 11.0. The number of nitrogens with zero attached hydrogens (tertiary/aromatic N) is 1. The molecule has 0 bridgehead atoms. The number of hydrogen-bond donors (Lipinski definition) is 1.